The fraction of sp³-hybridized carbons (Fsp3) is 0.500. The molecule has 0 saturated heterocycles. The molecule has 1 aromatic heterocycles. The molecule has 0 unspecified atom stereocenters. The molecule has 0 spiro atoms. The Morgan fingerprint density at radius 3 is 2.36 bits per heavy atom. The molecule has 0 aliphatic carbocycles. The number of aliphatic hydroxyl groups excluding tert-OH is 1. The lowest BCUT2D eigenvalue weighted by Gasteiger charge is -1.79. The van der Waals surface area contributed by atoms with Gasteiger partial charge in [0.05, 0.1) is 6.26 Å². The Kier molecular flexibility index (Phi) is 6.07. The Labute approximate surface area is 72.6 Å². The molecule has 0 aliphatic heterocycles. The second-order valence-corrected chi connectivity index (χ2v) is 3.36. The van der Waals surface area contributed by atoms with Gasteiger partial charge in [-0.05, 0) is 17.4 Å². The van der Waals surface area contributed by atoms with Gasteiger partial charge >= 0.3 is 0 Å². The van der Waals surface area contributed by atoms with E-state index in [0.29, 0.717) is 11.0 Å². The summed E-state index contributed by atoms with van der Waals surface area (Å²) >= 11 is 3.97. The van der Waals surface area contributed by atoms with Gasteiger partial charge < -0.3 is 9.52 Å². The van der Waals surface area contributed by atoms with Crippen molar-refractivity contribution in [3.05, 3.63) is 24.2 Å². The van der Waals surface area contributed by atoms with Crippen molar-refractivity contribution in [3.63, 3.8) is 0 Å². The summed E-state index contributed by atoms with van der Waals surface area (Å²) in [5.41, 5.74) is 0. The minimum Gasteiger partial charge on any atom is -0.467 e. The van der Waals surface area contributed by atoms with Gasteiger partial charge in [-0.15, -0.1) is 0 Å². The van der Waals surface area contributed by atoms with Crippen LogP contribution in [0.25, 0.3) is 0 Å². The second kappa shape index (κ2) is 6.31. The fourth-order valence-corrected chi connectivity index (χ4v) is 0.403. The van der Waals surface area contributed by atoms with Crippen LogP contribution in [-0.4, -0.2) is 10.4 Å². The van der Waals surface area contributed by atoms with Crippen molar-refractivity contribution in [2.75, 3.05) is 0 Å². The lowest BCUT2D eigenvalue weighted by molar-refractivity contribution is 0.247. The number of rotatable bonds is 1. The molecule has 0 bridgehead atoms. The lowest BCUT2D eigenvalue weighted by Crippen LogP contribution is -1.72. The van der Waals surface area contributed by atoms with E-state index in [2.05, 4.69) is 12.6 Å². The number of hydrogen-bond acceptors (Lipinski definition) is 3. The second-order valence-electron chi connectivity index (χ2n) is 2.33. The first-order chi connectivity index (χ1) is 5.16. The SMILES string of the molecule is CC(C)S.OCc1ccco1. The van der Waals surface area contributed by atoms with Crippen LogP contribution in [0, 0.1) is 0 Å². The zero-order valence-corrected chi connectivity index (χ0v) is 7.71. The summed E-state index contributed by atoms with van der Waals surface area (Å²) in [7, 11) is 0. The van der Waals surface area contributed by atoms with Crippen LogP contribution in [0.3, 0.4) is 0 Å². The van der Waals surface area contributed by atoms with Gasteiger partial charge in [0.1, 0.15) is 12.4 Å². The van der Waals surface area contributed by atoms with Crippen molar-refractivity contribution < 1.29 is 9.52 Å². The molecule has 0 saturated carbocycles. The largest absolute Gasteiger partial charge is 0.467 e. The Morgan fingerprint density at radius 2 is 2.18 bits per heavy atom. The summed E-state index contributed by atoms with van der Waals surface area (Å²) in [4.78, 5) is 0. The molecule has 1 heterocycles. The highest BCUT2D eigenvalue weighted by Gasteiger charge is 1.85. The van der Waals surface area contributed by atoms with Crippen LogP contribution >= 0.6 is 12.6 Å². The van der Waals surface area contributed by atoms with E-state index in [1.54, 1.807) is 12.1 Å². The van der Waals surface area contributed by atoms with Gasteiger partial charge in [-0.1, -0.05) is 13.8 Å². The highest BCUT2D eigenvalue weighted by molar-refractivity contribution is 7.80. The highest BCUT2D eigenvalue weighted by atomic mass is 32.1. The van der Waals surface area contributed by atoms with Gasteiger partial charge in [0.25, 0.3) is 0 Å². The van der Waals surface area contributed by atoms with Crippen LogP contribution in [0.2, 0.25) is 0 Å². The maximum atomic E-state index is 8.33. The summed E-state index contributed by atoms with van der Waals surface area (Å²) in [6, 6.07) is 3.46. The number of aliphatic hydroxyl groups is 1. The molecule has 1 N–H and O–H groups in total. The van der Waals surface area contributed by atoms with E-state index >= 15 is 0 Å². The predicted molar refractivity (Wildman–Crippen MR) is 48.8 cm³/mol. The number of hydrogen-bond donors (Lipinski definition) is 2. The number of thiol groups is 1. The van der Waals surface area contributed by atoms with Crippen LogP contribution in [-0.2, 0) is 6.61 Å². The quantitative estimate of drug-likeness (QED) is 0.639. The van der Waals surface area contributed by atoms with Crippen LogP contribution in [0.15, 0.2) is 22.8 Å². The number of furan rings is 1. The van der Waals surface area contributed by atoms with Gasteiger partial charge in [-0.25, -0.2) is 0 Å². The van der Waals surface area contributed by atoms with Gasteiger partial charge in [0.2, 0.25) is 0 Å². The summed E-state index contributed by atoms with van der Waals surface area (Å²) in [6.07, 6.45) is 1.53. The minimum atomic E-state index is -0.00694. The van der Waals surface area contributed by atoms with E-state index in [0.717, 1.165) is 0 Å². The van der Waals surface area contributed by atoms with Gasteiger partial charge in [-0.2, -0.15) is 12.6 Å². The lowest BCUT2D eigenvalue weighted by atomic mass is 10.5. The molecule has 0 aliphatic rings. The standard InChI is InChI=1S/C5H6O2.C3H8S/c6-4-5-2-1-3-7-5;1-3(2)4/h1-3,6H,4H2;3-4H,1-2H3. The third-order valence-electron chi connectivity index (χ3n) is 0.736. The van der Waals surface area contributed by atoms with Crippen LogP contribution in [0.1, 0.15) is 19.6 Å². The zero-order chi connectivity index (χ0) is 8.69. The molecular formula is C8H14O2S. The predicted octanol–water partition coefficient (Wildman–Crippen LogP) is 2.10. The van der Waals surface area contributed by atoms with Gasteiger partial charge in [0.15, 0.2) is 0 Å². The first kappa shape index (κ1) is 10.6. The first-order valence-electron chi connectivity index (χ1n) is 3.48. The van der Waals surface area contributed by atoms with Crippen LogP contribution < -0.4 is 0 Å². The first-order valence-corrected chi connectivity index (χ1v) is 3.99. The summed E-state index contributed by atoms with van der Waals surface area (Å²) in [6.45, 7) is 4.05. The van der Waals surface area contributed by atoms with Gasteiger partial charge in [-0.3, -0.25) is 0 Å². The molecule has 1 rings (SSSR count). The minimum absolute atomic E-state index is 0.00694. The smallest absolute Gasteiger partial charge is 0.129 e. The van der Waals surface area contributed by atoms with Crippen LogP contribution in [0.5, 0.6) is 0 Å². The third kappa shape index (κ3) is 7.49. The maximum Gasteiger partial charge on any atom is 0.129 e. The average Bonchev–Trinajstić information content (AvgIpc) is 2.36. The third-order valence-corrected chi connectivity index (χ3v) is 0.736. The molecule has 64 valence electrons. The molecule has 2 nitrogen and oxygen atoms in total. The van der Waals surface area contributed by atoms with E-state index in [9.17, 15) is 0 Å². The van der Waals surface area contributed by atoms with Crippen molar-refractivity contribution in [2.24, 2.45) is 0 Å². The Hall–Kier alpha value is -0.410. The maximum absolute atomic E-state index is 8.33. The Morgan fingerprint density at radius 1 is 1.64 bits per heavy atom. The molecule has 0 fully saturated rings. The molecule has 11 heavy (non-hydrogen) atoms. The van der Waals surface area contributed by atoms with Crippen molar-refractivity contribution in [1.82, 2.24) is 0 Å². The molecule has 0 amide bonds. The molecule has 3 heteroatoms. The normalized spacial score (nSPS) is 9.18. The van der Waals surface area contributed by atoms with Crippen molar-refractivity contribution >= 4 is 12.6 Å². The fourth-order valence-electron chi connectivity index (χ4n) is 0.403. The van der Waals surface area contributed by atoms with Gasteiger partial charge in [0, 0.05) is 0 Å². The van der Waals surface area contributed by atoms with Crippen molar-refractivity contribution in [3.8, 4) is 0 Å². The highest BCUT2D eigenvalue weighted by Crippen LogP contribution is 1.96. The van der Waals surface area contributed by atoms with E-state index in [-0.39, 0.29) is 6.61 Å². The Bertz CT molecular complexity index is 156. The summed E-state index contributed by atoms with van der Waals surface area (Å²) < 4.78 is 4.73. The molecule has 0 aromatic carbocycles. The topological polar surface area (TPSA) is 33.4 Å². The van der Waals surface area contributed by atoms with E-state index in [4.69, 9.17) is 9.52 Å². The van der Waals surface area contributed by atoms with E-state index in [1.165, 1.54) is 6.26 Å². The zero-order valence-electron chi connectivity index (χ0n) is 6.82. The molecule has 1 aromatic rings. The van der Waals surface area contributed by atoms with Crippen molar-refractivity contribution in [2.45, 2.75) is 25.7 Å². The van der Waals surface area contributed by atoms with Crippen LogP contribution in [0.4, 0.5) is 0 Å². The van der Waals surface area contributed by atoms with E-state index in [1.807, 2.05) is 13.8 Å². The Balaban J connectivity index is 0.000000218. The van der Waals surface area contributed by atoms with E-state index < -0.39 is 0 Å². The summed E-state index contributed by atoms with van der Waals surface area (Å²) in [5, 5.41) is 8.86. The molecule has 0 atom stereocenters. The summed E-state index contributed by atoms with van der Waals surface area (Å²) in [5.74, 6) is 0.611. The monoisotopic (exact) mass is 174 g/mol. The van der Waals surface area contributed by atoms with Crippen molar-refractivity contribution in [1.29, 1.82) is 0 Å². The molecular weight excluding hydrogens is 160 g/mol. The molecule has 0 radical (unpaired) electrons. The average molecular weight is 174 g/mol.